The quantitative estimate of drug-likeness (QED) is 0.487. The molecule has 8 nitrogen and oxygen atoms in total. The predicted octanol–water partition coefficient (Wildman–Crippen LogP) is 3.90. The first-order valence-corrected chi connectivity index (χ1v) is 12.5. The van der Waals surface area contributed by atoms with Gasteiger partial charge in [-0.05, 0) is 49.2 Å². The molecule has 2 aromatic heterocycles. The van der Waals surface area contributed by atoms with Crippen LogP contribution in [-0.4, -0.2) is 34.8 Å². The molecule has 0 spiro atoms. The third kappa shape index (κ3) is 3.70. The van der Waals surface area contributed by atoms with E-state index in [9.17, 15) is 8.42 Å². The van der Waals surface area contributed by atoms with E-state index in [4.69, 9.17) is 14.9 Å². The number of fused-ring (bicyclic) bond motifs is 3. The first kappa shape index (κ1) is 20.8. The molecule has 0 aliphatic carbocycles. The zero-order valence-corrected chi connectivity index (χ0v) is 19.2. The molecule has 0 unspecified atom stereocenters. The van der Waals surface area contributed by atoms with Gasteiger partial charge in [-0.15, -0.1) is 11.3 Å². The molecule has 0 fully saturated rings. The number of primary sulfonamides is 1. The lowest BCUT2D eigenvalue weighted by Crippen LogP contribution is -2.11. The van der Waals surface area contributed by atoms with E-state index < -0.39 is 10.0 Å². The number of ether oxygens (including phenoxy) is 1. The Hall–Kier alpha value is -3.08. The maximum atomic E-state index is 11.6. The van der Waals surface area contributed by atoms with Gasteiger partial charge in [0.2, 0.25) is 10.0 Å². The Morgan fingerprint density at radius 3 is 2.59 bits per heavy atom. The summed E-state index contributed by atoms with van der Waals surface area (Å²) in [7, 11) is -3.73. The van der Waals surface area contributed by atoms with Gasteiger partial charge in [0.05, 0.1) is 17.2 Å². The van der Waals surface area contributed by atoms with Crippen molar-refractivity contribution < 1.29 is 13.2 Å². The monoisotopic (exact) mass is 467 g/mol. The van der Waals surface area contributed by atoms with Crippen LogP contribution in [0.25, 0.3) is 33.2 Å². The topological polar surface area (TPSA) is 113 Å². The van der Waals surface area contributed by atoms with E-state index in [1.165, 1.54) is 12.1 Å². The van der Waals surface area contributed by atoms with Gasteiger partial charge in [-0.25, -0.2) is 28.2 Å². The molecule has 1 aliphatic heterocycles. The third-order valence-electron chi connectivity index (χ3n) is 5.29. The van der Waals surface area contributed by atoms with Crippen molar-refractivity contribution in [3.05, 3.63) is 53.7 Å². The molecule has 2 N–H and O–H groups in total. The molecule has 10 heteroatoms. The summed E-state index contributed by atoms with van der Waals surface area (Å²) in [6, 6.07) is 12.6. The van der Waals surface area contributed by atoms with E-state index in [1.807, 2.05) is 22.9 Å². The summed E-state index contributed by atoms with van der Waals surface area (Å²) in [4.78, 5) is 10.6. The number of hydrogen-bond acceptors (Lipinski definition) is 7. The molecule has 164 valence electrons. The van der Waals surface area contributed by atoms with Crippen LogP contribution in [0.5, 0.6) is 5.75 Å². The Bertz CT molecular complexity index is 1410. The van der Waals surface area contributed by atoms with Crippen molar-refractivity contribution >= 4 is 21.4 Å². The summed E-state index contributed by atoms with van der Waals surface area (Å²) in [5, 5.41) is 10.4. The van der Waals surface area contributed by atoms with E-state index in [-0.39, 0.29) is 10.9 Å². The number of thiazole rings is 1. The molecule has 0 radical (unpaired) electrons. The van der Waals surface area contributed by atoms with E-state index in [0.29, 0.717) is 6.61 Å². The predicted molar refractivity (Wildman–Crippen MR) is 123 cm³/mol. The molecule has 0 saturated heterocycles. The Morgan fingerprint density at radius 1 is 1.12 bits per heavy atom. The van der Waals surface area contributed by atoms with Crippen LogP contribution >= 0.6 is 11.3 Å². The first-order chi connectivity index (χ1) is 15.3. The lowest BCUT2D eigenvalue weighted by molar-refractivity contribution is 0.327. The third-order valence-corrected chi connectivity index (χ3v) is 7.33. The van der Waals surface area contributed by atoms with Gasteiger partial charge in [0.15, 0.2) is 10.8 Å². The molecule has 1 aliphatic rings. The SMILES string of the molecule is CC(C)n1ncnc1-c1nc2c(s1)CCOc1ccc(-c3ccc(S(N)(=O)=O)cc3)cc1-2. The molecule has 2 aromatic carbocycles. The molecule has 4 aromatic rings. The van der Waals surface area contributed by atoms with Crippen LogP contribution in [0.2, 0.25) is 0 Å². The number of hydrogen-bond donors (Lipinski definition) is 1. The summed E-state index contributed by atoms with van der Waals surface area (Å²) < 4.78 is 31.0. The normalized spacial score (nSPS) is 13.4. The molecule has 0 saturated carbocycles. The summed E-state index contributed by atoms with van der Waals surface area (Å²) in [5.74, 6) is 1.53. The second-order valence-electron chi connectivity index (χ2n) is 7.79. The Morgan fingerprint density at radius 2 is 1.88 bits per heavy atom. The highest BCUT2D eigenvalue weighted by molar-refractivity contribution is 7.89. The van der Waals surface area contributed by atoms with Crippen molar-refractivity contribution in [2.75, 3.05) is 6.61 Å². The van der Waals surface area contributed by atoms with E-state index in [2.05, 4.69) is 23.9 Å². The average Bonchev–Trinajstić information content (AvgIpc) is 3.37. The van der Waals surface area contributed by atoms with Crippen molar-refractivity contribution in [2.24, 2.45) is 5.14 Å². The highest BCUT2D eigenvalue weighted by Gasteiger charge is 2.24. The second-order valence-corrected chi connectivity index (χ2v) is 10.4. The van der Waals surface area contributed by atoms with Gasteiger partial charge in [-0.1, -0.05) is 18.2 Å². The molecular formula is C22H21N5O3S2. The fourth-order valence-corrected chi connectivity index (χ4v) is 5.28. The highest BCUT2D eigenvalue weighted by Crippen LogP contribution is 2.41. The van der Waals surface area contributed by atoms with Crippen LogP contribution in [-0.2, 0) is 16.4 Å². The van der Waals surface area contributed by atoms with Gasteiger partial charge in [0.1, 0.15) is 12.1 Å². The van der Waals surface area contributed by atoms with Gasteiger partial charge < -0.3 is 4.74 Å². The number of sulfonamides is 1. The number of nitrogens with zero attached hydrogens (tertiary/aromatic N) is 4. The summed E-state index contributed by atoms with van der Waals surface area (Å²) in [5.41, 5.74) is 3.60. The minimum atomic E-state index is -3.73. The molecule has 32 heavy (non-hydrogen) atoms. The zero-order valence-electron chi connectivity index (χ0n) is 17.5. The van der Waals surface area contributed by atoms with Gasteiger partial charge in [0, 0.05) is 22.9 Å². The zero-order chi connectivity index (χ0) is 22.5. The van der Waals surface area contributed by atoms with E-state index in [1.54, 1.807) is 29.8 Å². The van der Waals surface area contributed by atoms with Crippen molar-refractivity contribution in [1.82, 2.24) is 19.7 Å². The average molecular weight is 468 g/mol. The Labute approximate surface area is 189 Å². The maximum Gasteiger partial charge on any atom is 0.238 e. The van der Waals surface area contributed by atoms with Crippen LogP contribution in [0.3, 0.4) is 0 Å². The summed E-state index contributed by atoms with van der Waals surface area (Å²) >= 11 is 1.61. The van der Waals surface area contributed by atoms with Crippen molar-refractivity contribution in [2.45, 2.75) is 31.2 Å². The first-order valence-electron chi connectivity index (χ1n) is 10.1. The van der Waals surface area contributed by atoms with E-state index in [0.717, 1.165) is 50.3 Å². The van der Waals surface area contributed by atoms with Gasteiger partial charge in [-0.2, -0.15) is 5.10 Å². The van der Waals surface area contributed by atoms with Crippen molar-refractivity contribution in [3.63, 3.8) is 0 Å². The smallest absolute Gasteiger partial charge is 0.238 e. The van der Waals surface area contributed by atoms with Crippen LogP contribution < -0.4 is 9.88 Å². The minimum absolute atomic E-state index is 0.0834. The largest absolute Gasteiger partial charge is 0.493 e. The second kappa shape index (κ2) is 7.80. The number of nitrogens with two attached hydrogens (primary N) is 1. The Balaban J connectivity index is 1.59. The maximum absolute atomic E-state index is 11.6. The Kier molecular flexibility index (Phi) is 5.07. The molecular weight excluding hydrogens is 446 g/mol. The van der Waals surface area contributed by atoms with Crippen LogP contribution in [0.1, 0.15) is 24.8 Å². The number of benzene rings is 2. The lowest BCUT2D eigenvalue weighted by Gasteiger charge is -2.10. The van der Waals surface area contributed by atoms with Crippen LogP contribution in [0.15, 0.2) is 53.7 Å². The fraction of sp³-hybridized carbons (Fsp3) is 0.227. The molecule has 5 rings (SSSR count). The number of rotatable bonds is 4. The molecule has 0 amide bonds. The lowest BCUT2D eigenvalue weighted by atomic mass is 10.0. The van der Waals surface area contributed by atoms with E-state index >= 15 is 0 Å². The molecule has 0 bridgehead atoms. The summed E-state index contributed by atoms with van der Waals surface area (Å²) in [6.45, 7) is 4.70. The number of aromatic nitrogens is 4. The van der Waals surface area contributed by atoms with Crippen molar-refractivity contribution in [1.29, 1.82) is 0 Å². The standard InChI is InChI=1S/C22H21N5O3S2/c1-13(2)27-21(24-12-25-27)22-26-20-17-11-15(5-8-18(17)30-10-9-19(20)31-22)14-3-6-16(7-4-14)32(23,28)29/h3-8,11-13H,9-10H2,1-2H3,(H2,23,28,29). The minimum Gasteiger partial charge on any atom is -0.493 e. The van der Waals surface area contributed by atoms with Crippen molar-refractivity contribution in [3.8, 4) is 39.0 Å². The van der Waals surface area contributed by atoms with Gasteiger partial charge >= 0.3 is 0 Å². The van der Waals surface area contributed by atoms with Gasteiger partial charge in [-0.3, -0.25) is 0 Å². The summed E-state index contributed by atoms with van der Waals surface area (Å²) in [6.07, 6.45) is 2.32. The molecule has 3 heterocycles. The molecule has 0 atom stereocenters. The van der Waals surface area contributed by atoms with Crippen LogP contribution in [0.4, 0.5) is 0 Å². The van der Waals surface area contributed by atoms with Crippen LogP contribution in [0, 0.1) is 0 Å². The fourth-order valence-electron chi connectivity index (χ4n) is 3.72. The highest BCUT2D eigenvalue weighted by atomic mass is 32.2. The van der Waals surface area contributed by atoms with Gasteiger partial charge in [0.25, 0.3) is 0 Å².